The van der Waals surface area contributed by atoms with Gasteiger partial charge in [-0.3, -0.25) is 9.18 Å². The van der Waals surface area contributed by atoms with Gasteiger partial charge in [-0.25, -0.2) is 0 Å². The van der Waals surface area contributed by atoms with Crippen LogP contribution >= 0.6 is 68.0 Å². The van der Waals surface area contributed by atoms with Gasteiger partial charge in [-0.05, 0) is 181 Å². The van der Waals surface area contributed by atoms with E-state index < -0.39 is 7.15 Å². The fourth-order valence-electron chi connectivity index (χ4n) is 8.95. The predicted molar refractivity (Wildman–Crippen MR) is 320 cm³/mol. The molecule has 0 aliphatic heterocycles. The molecule has 0 amide bonds. The Morgan fingerprint density at radius 2 is 0.795 bits per heavy atom. The standard InChI is InChI=1S/C31H27NS3.C31H28OS3.CH3F.CH4/c2*32-22-27-21-26(16-8-14-24-11-5-2-6-12-24)31(34-27)29-18-17-28(35-29)30-25(19-20-33-30)15-7-13-23-9-3-1-4-10-23;1-2;/h1-6,9-12,17-21H,7-8,13-16H2;1-6,9-12,17-22H,7-8,13-16H2;1H3;1H4/i;;1D;. The molecule has 372 valence electrons. The highest BCUT2D eigenvalue weighted by Gasteiger charge is 2.18. The number of alkyl halides is 1. The first-order valence-corrected chi connectivity index (χ1v) is 29.5. The number of carbonyl (C=O) groups is 1. The van der Waals surface area contributed by atoms with E-state index in [-0.39, 0.29) is 7.43 Å². The molecule has 0 spiro atoms. The molecule has 0 aliphatic carbocycles. The summed E-state index contributed by atoms with van der Waals surface area (Å²) in [6.07, 6.45) is 14.0. The Morgan fingerprint density at radius 1 is 0.452 bits per heavy atom. The highest BCUT2D eigenvalue weighted by molar-refractivity contribution is 7.27. The van der Waals surface area contributed by atoms with E-state index in [1.165, 1.54) is 83.5 Å². The molecule has 0 saturated heterocycles. The first kappa shape index (κ1) is 53.5. The molecule has 73 heavy (non-hydrogen) atoms. The molecule has 0 unspecified atom stereocenters. The van der Waals surface area contributed by atoms with Gasteiger partial charge in [0.25, 0.3) is 0 Å². The van der Waals surface area contributed by atoms with Gasteiger partial charge >= 0.3 is 0 Å². The van der Waals surface area contributed by atoms with Crippen LogP contribution in [-0.4, -0.2) is 13.4 Å². The van der Waals surface area contributed by atoms with E-state index in [0.717, 1.165) is 93.1 Å². The van der Waals surface area contributed by atoms with Crippen molar-refractivity contribution in [3.63, 3.8) is 0 Å². The minimum atomic E-state index is -1.00. The summed E-state index contributed by atoms with van der Waals surface area (Å²) >= 11 is 10.7. The second kappa shape index (κ2) is 29.2. The third-order valence-corrected chi connectivity index (χ3v) is 19.5. The number of hydrogen-bond acceptors (Lipinski definition) is 8. The molecule has 0 saturated carbocycles. The van der Waals surface area contributed by atoms with Crippen molar-refractivity contribution in [2.45, 2.75) is 84.5 Å². The molecule has 0 atom stereocenters. The van der Waals surface area contributed by atoms with E-state index in [1.54, 1.807) is 22.7 Å². The quantitative estimate of drug-likeness (QED) is 0.0673. The summed E-state index contributed by atoms with van der Waals surface area (Å²) in [5.41, 5.74) is 11.1. The highest BCUT2D eigenvalue weighted by atomic mass is 32.1. The molecule has 0 fully saturated rings. The number of rotatable bonds is 21. The van der Waals surface area contributed by atoms with Gasteiger partial charge in [-0.15, -0.1) is 68.0 Å². The lowest BCUT2D eigenvalue weighted by Crippen LogP contribution is -1.90. The van der Waals surface area contributed by atoms with E-state index in [0.29, 0.717) is 0 Å². The number of nitrogens with zero attached hydrogens (tertiary/aromatic N) is 1. The van der Waals surface area contributed by atoms with Crippen LogP contribution in [0.15, 0.2) is 181 Å². The number of carbonyl (C=O) groups excluding carboxylic acids is 1. The van der Waals surface area contributed by atoms with Gasteiger partial charge in [0.2, 0.25) is 0 Å². The Hall–Kier alpha value is -5.83. The third-order valence-electron chi connectivity index (χ3n) is 12.5. The number of benzene rings is 4. The van der Waals surface area contributed by atoms with Crippen molar-refractivity contribution < 1.29 is 10.6 Å². The Kier molecular flexibility index (Phi) is 21.4. The first-order valence-electron chi connectivity index (χ1n) is 25.2. The topological polar surface area (TPSA) is 40.9 Å². The van der Waals surface area contributed by atoms with Crippen LogP contribution in [0.3, 0.4) is 0 Å². The zero-order valence-electron chi connectivity index (χ0n) is 41.3. The third kappa shape index (κ3) is 15.6. The van der Waals surface area contributed by atoms with E-state index in [2.05, 4.69) is 187 Å². The normalized spacial score (nSPS) is 10.8. The van der Waals surface area contributed by atoms with Crippen molar-refractivity contribution in [2.75, 3.05) is 7.15 Å². The fourth-order valence-corrected chi connectivity index (χ4v) is 15.5. The van der Waals surface area contributed by atoms with E-state index in [9.17, 15) is 14.4 Å². The SMILES string of the molecule is C.N#Cc1cc(CCCc2ccccc2)c(-c2ccc(-c3sccc3CCCc3ccccc3)s2)s1.O=Cc1cc(CCCc2ccccc2)c(-c2ccc(-c3sccc3CCCc3ccccc3)s2)s1.[2H]CF. The number of halogens is 1. The van der Waals surface area contributed by atoms with Gasteiger partial charge in [0.1, 0.15) is 10.9 Å². The zero-order chi connectivity index (χ0) is 50.5. The van der Waals surface area contributed by atoms with Crippen LogP contribution in [0.1, 0.15) is 93.5 Å². The van der Waals surface area contributed by atoms with Crippen LogP contribution in [0.2, 0.25) is 0 Å². The monoisotopic (exact) mass is 1070 g/mol. The Balaban J connectivity index is 0.000000203. The van der Waals surface area contributed by atoms with Crippen molar-refractivity contribution >= 4 is 74.3 Å². The predicted octanol–water partition coefficient (Wildman–Crippen LogP) is 20.0. The van der Waals surface area contributed by atoms with Crippen molar-refractivity contribution in [1.29, 1.82) is 5.26 Å². The van der Waals surface area contributed by atoms with Crippen LogP contribution in [0, 0.1) is 11.3 Å². The van der Waals surface area contributed by atoms with Gasteiger partial charge in [-0.1, -0.05) is 129 Å². The van der Waals surface area contributed by atoms with E-state index >= 15 is 0 Å². The maximum atomic E-state index is 11.6. The number of aldehydes is 1. The Bertz CT molecular complexity index is 3230. The summed E-state index contributed by atoms with van der Waals surface area (Å²) in [7, 11) is -1.00. The lowest BCUT2D eigenvalue weighted by molar-refractivity contribution is 0.112. The second-order valence-electron chi connectivity index (χ2n) is 17.4. The molecular formula is C64H62FNOS6. The van der Waals surface area contributed by atoms with Crippen molar-refractivity contribution in [3.8, 4) is 45.1 Å². The van der Waals surface area contributed by atoms with E-state index in [1.807, 2.05) is 45.3 Å². The van der Waals surface area contributed by atoms with Gasteiger partial charge in [0.15, 0.2) is 6.29 Å². The van der Waals surface area contributed by atoms with Gasteiger partial charge in [-0.2, -0.15) is 5.26 Å². The molecule has 9 heteroatoms. The summed E-state index contributed by atoms with van der Waals surface area (Å²) in [5.74, 6) is 0. The number of thiophene rings is 6. The minimum Gasteiger partial charge on any atom is -0.297 e. The second-order valence-corrected chi connectivity index (χ2v) is 23.6. The lowest BCUT2D eigenvalue weighted by Gasteiger charge is -2.04. The summed E-state index contributed by atoms with van der Waals surface area (Å²) in [4.78, 5) is 23.7. The van der Waals surface area contributed by atoms with Gasteiger partial charge in [0.05, 0.1) is 13.4 Å². The molecule has 0 bridgehead atoms. The summed E-state index contributed by atoms with van der Waals surface area (Å²) in [6, 6.07) is 63.0. The molecule has 6 aromatic heterocycles. The molecule has 4 aromatic carbocycles. The number of aryl methyl sites for hydroxylation is 8. The molecular weight excluding hydrogens is 1010 g/mol. The summed E-state index contributed by atoms with van der Waals surface area (Å²) in [5, 5.41) is 14.0. The van der Waals surface area contributed by atoms with Crippen LogP contribution in [-0.2, 0) is 51.4 Å². The summed E-state index contributed by atoms with van der Waals surface area (Å²) < 4.78 is 15.5. The molecule has 10 aromatic rings. The van der Waals surface area contributed by atoms with Crippen LogP contribution in [0.4, 0.5) is 4.39 Å². The van der Waals surface area contributed by atoms with Crippen molar-refractivity contribution in [3.05, 3.63) is 235 Å². The van der Waals surface area contributed by atoms with Crippen LogP contribution in [0.25, 0.3) is 39.0 Å². The average Bonchev–Trinajstić information content (AvgIpc) is 4.31. The van der Waals surface area contributed by atoms with Gasteiger partial charge in [0, 0.05) is 39.0 Å². The maximum Gasteiger partial charge on any atom is 0.160 e. The smallest absolute Gasteiger partial charge is 0.160 e. The molecule has 6 heterocycles. The lowest BCUT2D eigenvalue weighted by atomic mass is 10.0. The van der Waals surface area contributed by atoms with Crippen LogP contribution < -0.4 is 0 Å². The average molecular weight is 1070 g/mol. The zero-order valence-corrected chi connectivity index (χ0v) is 45.2. The number of hydrogen-bond donors (Lipinski definition) is 0. The first-order chi connectivity index (χ1) is 36.0. The minimum absolute atomic E-state index is 0. The van der Waals surface area contributed by atoms with Crippen LogP contribution in [0.5, 0.6) is 0 Å². The summed E-state index contributed by atoms with van der Waals surface area (Å²) in [6.45, 7) is 0. The van der Waals surface area contributed by atoms with Gasteiger partial charge < -0.3 is 0 Å². The number of nitriles is 1. The highest BCUT2D eigenvalue weighted by Crippen LogP contribution is 2.45. The molecule has 0 N–H and O–H groups in total. The molecule has 10 rings (SSSR count). The Labute approximate surface area is 458 Å². The van der Waals surface area contributed by atoms with Crippen molar-refractivity contribution in [1.82, 2.24) is 0 Å². The molecule has 2 nitrogen and oxygen atoms in total. The van der Waals surface area contributed by atoms with Crippen molar-refractivity contribution in [2.24, 2.45) is 0 Å². The fraction of sp³-hybridized carbons (Fsp3) is 0.219. The Morgan fingerprint density at radius 3 is 1.16 bits per heavy atom. The largest absolute Gasteiger partial charge is 0.297 e. The van der Waals surface area contributed by atoms with E-state index in [4.69, 9.17) is 1.37 Å². The molecule has 0 radical (unpaired) electrons. The molecule has 0 aliphatic rings. The maximum absolute atomic E-state index is 11.6.